The van der Waals surface area contributed by atoms with Crippen LogP contribution in [0.15, 0.2) is 34.9 Å². The van der Waals surface area contributed by atoms with Gasteiger partial charge in [0.1, 0.15) is 5.75 Å². The van der Waals surface area contributed by atoms with E-state index in [4.69, 9.17) is 33.2 Å². The van der Waals surface area contributed by atoms with Crippen molar-refractivity contribution < 1.29 is 33.2 Å². The van der Waals surface area contributed by atoms with Crippen molar-refractivity contribution in [1.82, 2.24) is 15.4 Å². The van der Waals surface area contributed by atoms with E-state index >= 15 is 0 Å². The number of anilines is 1. The highest BCUT2D eigenvalue weighted by atomic mass is 31.2. The van der Waals surface area contributed by atoms with Crippen LogP contribution >= 0.6 is 7.82 Å². The van der Waals surface area contributed by atoms with E-state index in [1.54, 1.807) is 0 Å². The minimum Gasteiger partial charge on any atom is -0.493 e. The summed E-state index contributed by atoms with van der Waals surface area (Å²) in [6.45, 7) is 7.19. The van der Waals surface area contributed by atoms with Gasteiger partial charge in [-0.1, -0.05) is 0 Å². The number of hydrogen-bond acceptors (Lipinski definition) is 8. The molecule has 3 heterocycles. The summed E-state index contributed by atoms with van der Waals surface area (Å²) in [5, 5.41) is 13.3. The molecule has 2 aromatic heterocycles. The van der Waals surface area contributed by atoms with Gasteiger partial charge in [-0.05, 0) is 68.4 Å². The van der Waals surface area contributed by atoms with Crippen LogP contribution in [0.4, 0.5) is 5.82 Å². The van der Waals surface area contributed by atoms with Crippen LogP contribution in [0.2, 0.25) is 0 Å². The second kappa shape index (κ2) is 11.4. The molecule has 1 aromatic carbocycles. The lowest BCUT2D eigenvalue weighted by molar-refractivity contribution is 0.258. The van der Waals surface area contributed by atoms with E-state index in [-0.39, 0.29) is 0 Å². The predicted molar refractivity (Wildman–Crippen MR) is 121 cm³/mol. The largest absolute Gasteiger partial charge is 0.493 e. The Kier molecular flexibility index (Phi) is 8.62. The first kappa shape index (κ1) is 24.9. The van der Waals surface area contributed by atoms with Gasteiger partial charge in [-0.25, -0.2) is 4.57 Å². The molecule has 1 saturated heterocycles. The van der Waals surface area contributed by atoms with Gasteiger partial charge in [0.2, 0.25) is 0 Å². The summed E-state index contributed by atoms with van der Waals surface area (Å²) in [5.41, 5.74) is 1.64. The van der Waals surface area contributed by atoms with Crippen LogP contribution in [-0.4, -0.2) is 56.3 Å². The summed E-state index contributed by atoms with van der Waals surface area (Å²) in [5.74, 6) is 2.99. The first-order chi connectivity index (χ1) is 15.7. The maximum atomic E-state index is 8.88. The quantitative estimate of drug-likeness (QED) is 0.428. The molecule has 4 rings (SSSR count). The van der Waals surface area contributed by atoms with E-state index in [1.165, 1.54) is 0 Å². The molecule has 0 saturated carbocycles. The number of hydrogen-bond donors (Lipinski definition) is 3. The summed E-state index contributed by atoms with van der Waals surface area (Å²) in [6, 6.07) is 9.84. The van der Waals surface area contributed by atoms with Gasteiger partial charge in [0, 0.05) is 19.2 Å². The summed E-state index contributed by atoms with van der Waals surface area (Å²) in [4.78, 5) is 23.9. The van der Waals surface area contributed by atoms with E-state index < -0.39 is 7.82 Å². The topological polar surface area (TPSA) is 151 Å². The molecule has 0 spiro atoms. The minimum absolute atomic E-state index is 0.536. The van der Waals surface area contributed by atoms with E-state index in [9.17, 15) is 0 Å². The Labute approximate surface area is 191 Å². The number of piperidine rings is 1. The third-order valence-corrected chi connectivity index (χ3v) is 5.21. The highest BCUT2D eigenvalue weighted by molar-refractivity contribution is 7.45. The lowest BCUT2D eigenvalue weighted by atomic mass is 9.94. The van der Waals surface area contributed by atoms with E-state index in [1.807, 2.05) is 38.1 Å². The molecule has 1 aliphatic rings. The van der Waals surface area contributed by atoms with Crippen molar-refractivity contribution in [3.63, 3.8) is 0 Å². The zero-order valence-corrected chi connectivity index (χ0v) is 19.5. The van der Waals surface area contributed by atoms with Crippen LogP contribution in [0.5, 0.6) is 11.6 Å². The molecule has 0 radical (unpaired) electrons. The fraction of sp³-hybridized carbons (Fsp3) is 0.476. The molecule has 0 aliphatic carbocycles. The maximum absolute atomic E-state index is 8.88. The Morgan fingerprint density at radius 1 is 1.12 bits per heavy atom. The fourth-order valence-electron chi connectivity index (χ4n) is 3.58. The minimum atomic E-state index is -4.64. The average Bonchev–Trinajstić information content (AvgIpc) is 3.16. The molecule has 3 N–H and O–H groups in total. The van der Waals surface area contributed by atoms with Gasteiger partial charge < -0.3 is 33.6 Å². The SMILES string of the molecule is CCOc1noc2cc(OCCC3CCN(c4ccc(C)nn4)CC3)ccc12.O=P(O)(O)O. The monoisotopic (exact) mass is 480 g/mol. The number of aromatic nitrogens is 3. The van der Waals surface area contributed by atoms with Crippen LogP contribution in [0.25, 0.3) is 11.0 Å². The van der Waals surface area contributed by atoms with Gasteiger partial charge in [-0.15, -0.1) is 5.10 Å². The van der Waals surface area contributed by atoms with E-state index in [0.29, 0.717) is 30.6 Å². The van der Waals surface area contributed by atoms with Crippen LogP contribution in [-0.2, 0) is 4.57 Å². The second-order valence-corrected chi connectivity index (χ2v) is 8.72. The molecule has 3 aromatic rings. The van der Waals surface area contributed by atoms with Gasteiger partial charge in [0.25, 0.3) is 5.88 Å². The summed E-state index contributed by atoms with van der Waals surface area (Å²) in [6.07, 6.45) is 3.35. The van der Waals surface area contributed by atoms with Crippen molar-refractivity contribution in [1.29, 1.82) is 0 Å². The molecule has 0 bridgehead atoms. The zero-order valence-electron chi connectivity index (χ0n) is 18.6. The maximum Gasteiger partial charge on any atom is 0.466 e. The molecule has 0 atom stereocenters. The van der Waals surface area contributed by atoms with Crippen LogP contribution in [0.1, 0.15) is 31.9 Å². The van der Waals surface area contributed by atoms with Crippen molar-refractivity contribution in [3.05, 3.63) is 36.0 Å². The van der Waals surface area contributed by atoms with Crippen LogP contribution in [0.3, 0.4) is 0 Å². The standard InChI is InChI=1S/C21H26N4O3.H3O4P/c1-3-26-21-18-6-5-17(14-19(18)28-24-21)27-13-10-16-8-11-25(12-9-16)20-7-4-15(2)22-23-20;1-5(2,3)4/h4-7,14,16H,3,8-13H2,1-2H3;(H3,1,2,3,4). The molecule has 1 aliphatic heterocycles. The molecule has 33 heavy (non-hydrogen) atoms. The van der Waals surface area contributed by atoms with Crippen molar-refractivity contribution >= 4 is 24.6 Å². The molecule has 1 fully saturated rings. The number of ether oxygens (including phenoxy) is 2. The molecule has 0 amide bonds. The van der Waals surface area contributed by atoms with Gasteiger partial charge in [0.05, 0.1) is 24.3 Å². The number of rotatable bonds is 7. The van der Waals surface area contributed by atoms with Gasteiger partial charge in [0.15, 0.2) is 11.4 Å². The first-order valence-corrected chi connectivity index (χ1v) is 12.3. The Bertz CT molecular complexity index is 1050. The molecule has 0 unspecified atom stereocenters. The highest BCUT2D eigenvalue weighted by Crippen LogP contribution is 2.29. The predicted octanol–water partition coefficient (Wildman–Crippen LogP) is 3.08. The van der Waals surface area contributed by atoms with Crippen LogP contribution < -0.4 is 14.4 Å². The Morgan fingerprint density at radius 2 is 1.85 bits per heavy atom. The number of fused-ring (bicyclic) bond motifs is 1. The summed E-state index contributed by atoms with van der Waals surface area (Å²) >= 11 is 0. The zero-order chi connectivity index (χ0) is 23.8. The average molecular weight is 480 g/mol. The van der Waals surface area contributed by atoms with Gasteiger partial charge in [-0.3, -0.25) is 0 Å². The van der Waals surface area contributed by atoms with E-state index in [0.717, 1.165) is 55.0 Å². The fourth-order valence-corrected chi connectivity index (χ4v) is 3.58. The smallest absolute Gasteiger partial charge is 0.466 e. The van der Waals surface area contributed by atoms with E-state index in [2.05, 4.69) is 26.3 Å². The lowest BCUT2D eigenvalue weighted by Crippen LogP contribution is -2.34. The summed E-state index contributed by atoms with van der Waals surface area (Å²) in [7, 11) is -4.64. The normalized spacial score (nSPS) is 14.6. The number of phosphoric acid groups is 1. The Morgan fingerprint density at radius 3 is 2.48 bits per heavy atom. The number of benzene rings is 1. The van der Waals surface area contributed by atoms with Crippen molar-refractivity contribution in [2.24, 2.45) is 5.92 Å². The third-order valence-electron chi connectivity index (χ3n) is 5.21. The second-order valence-electron chi connectivity index (χ2n) is 7.69. The van der Waals surface area contributed by atoms with Crippen molar-refractivity contribution in [2.75, 3.05) is 31.2 Å². The Hall–Kier alpha value is -2.72. The molecular weight excluding hydrogens is 451 g/mol. The highest BCUT2D eigenvalue weighted by Gasteiger charge is 2.20. The van der Waals surface area contributed by atoms with Crippen molar-refractivity contribution in [2.45, 2.75) is 33.1 Å². The van der Waals surface area contributed by atoms with Crippen LogP contribution in [0, 0.1) is 12.8 Å². The molecular formula is C21H29N4O7P. The first-order valence-electron chi connectivity index (χ1n) is 10.7. The van der Waals surface area contributed by atoms with Gasteiger partial charge >= 0.3 is 7.82 Å². The summed E-state index contributed by atoms with van der Waals surface area (Å²) < 4.78 is 25.6. The third kappa shape index (κ3) is 7.97. The van der Waals surface area contributed by atoms with Gasteiger partial charge in [-0.2, -0.15) is 5.10 Å². The molecule has 12 heteroatoms. The molecule has 180 valence electrons. The molecule has 11 nitrogen and oxygen atoms in total. The Balaban J connectivity index is 0.000000555. The number of nitrogens with zero attached hydrogens (tertiary/aromatic N) is 4. The van der Waals surface area contributed by atoms with Crippen molar-refractivity contribution in [3.8, 4) is 11.6 Å². The number of aryl methyl sites for hydroxylation is 1. The lowest BCUT2D eigenvalue weighted by Gasteiger charge is -2.32.